The maximum absolute atomic E-state index is 12.2. The van der Waals surface area contributed by atoms with Gasteiger partial charge in [0.05, 0.1) is 12.7 Å². The van der Waals surface area contributed by atoms with E-state index in [0.717, 1.165) is 6.26 Å². The molecule has 2 rings (SSSR count). The molecule has 1 aromatic heterocycles. The molecule has 0 radical (unpaired) electrons. The number of rotatable bonds is 5. The molecule has 1 atom stereocenters. The molecule has 0 fully saturated rings. The standard InChI is InChI=1S/C13H15N3O5S/c1-8(12-15-16-13(21-12)22(3,18)19)14-11(17)9-6-4-5-7-10(9)20-2/h4-8H,1-3H3,(H,14,17)/t8-/m0/s1. The Morgan fingerprint density at radius 3 is 2.59 bits per heavy atom. The smallest absolute Gasteiger partial charge is 0.335 e. The van der Waals surface area contributed by atoms with E-state index in [1.54, 1.807) is 31.2 Å². The molecule has 2 aromatic rings. The molecule has 1 heterocycles. The summed E-state index contributed by atoms with van der Waals surface area (Å²) in [5.41, 5.74) is 0.347. The molecule has 1 amide bonds. The van der Waals surface area contributed by atoms with Crippen LogP contribution in [0, 0.1) is 0 Å². The predicted molar refractivity (Wildman–Crippen MR) is 76.3 cm³/mol. The largest absolute Gasteiger partial charge is 0.496 e. The highest BCUT2D eigenvalue weighted by atomic mass is 32.2. The van der Waals surface area contributed by atoms with E-state index in [9.17, 15) is 13.2 Å². The number of aromatic nitrogens is 2. The van der Waals surface area contributed by atoms with Crippen molar-refractivity contribution >= 4 is 15.7 Å². The van der Waals surface area contributed by atoms with Gasteiger partial charge in [-0.3, -0.25) is 4.79 Å². The maximum atomic E-state index is 12.2. The summed E-state index contributed by atoms with van der Waals surface area (Å²) in [6.45, 7) is 1.60. The van der Waals surface area contributed by atoms with Crippen LogP contribution in [-0.4, -0.2) is 37.9 Å². The number of nitrogens with zero attached hydrogens (tertiary/aromatic N) is 2. The van der Waals surface area contributed by atoms with Gasteiger partial charge in [0.15, 0.2) is 0 Å². The first kappa shape index (κ1) is 16.0. The fourth-order valence-corrected chi connectivity index (χ4v) is 2.14. The number of sulfone groups is 1. The average Bonchev–Trinajstić information content (AvgIpc) is 2.97. The zero-order valence-corrected chi connectivity index (χ0v) is 13.0. The predicted octanol–water partition coefficient (Wildman–Crippen LogP) is 0.973. The van der Waals surface area contributed by atoms with Gasteiger partial charge in [-0.2, -0.15) is 0 Å². The van der Waals surface area contributed by atoms with Gasteiger partial charge in [0.25, 0.3) is 5.91 Å². The van der Waals surface area contributed by atoms with Crippen molar-refractivity contribution in [3.63, 3.8) is 0 Å². The molecule has 0 bridgehead atoms. The van der Waals surface area contributed by atoms with E-state index in [1.165, 1.54) is 7.11 Å². The molecule has 22 heavy (non-hydrogen) atoms. The average molecular weight is 325 g/mol. The van der Waals surface area contributed by atoms with E-state index in [1.807, 2.05) is 0 Å². The van der Waals surface area contributed by atoms with Crippen LogP contribution >= 0.6 is 0 Å². The van der Waals surface area contributed by atoms with Gasteiger partial charge >= 0.3 is 5.22 Å². The van der Waals surface area contributed by atoms with Crippen molar-refractivity contribution in [2.24, 2.45) is 0 Å². The third kappa shape index (κ3) is 3.42. The lowest BCUT2D eigenvalue weighted by atomic mass is 10.1. The number of para-hydroxylation sites is 1. The van der Waals surface area contributed by atoms with Crippen LogP contribution in [0.5, 0.6) is 5.75 Å². The van der Waals surface area contributed by atoms with Crippen molar-refractivity contribution < 1.29 is 22.4 Å². The molecule has 8 nitrogen and oxygen atoms in total. The highest BCUT2D eigenvalue weighted by Gasteiger charge is 2.22. The van der Waals surface area contributed by atoms with Crippen LogP contribution < -0.4 is 10.1 Å². The van der Waals surface area contributed by atoms with Gasteiger partial charge in [0, 0.05) is 6.26 Å². The Morgan fingerprint density at radius 1 is 1.32 bits per heavy atom. The first-order valence-electron chi connectivity index (χ1n) is 6.30. The Balaban J connectivity index is 2.16. The van der Waals surface area contributed by atoms with Crippen LogP contribution in [0.3, 0.4) is 0 Å². The van der Waals surface area contributed by atoms with Crippen LogP contribution in [0.4, 0.5) is 0 Å². The monoisotopic (exact) mass is 325 g/mol. The fraction of sp³-hybridized carbons (Fsp3) is 0.308. The summed E-state index contributed by atoms with van der Waals surface area (Å²) >= 11 is 0. The summed E-state index contributed by atoms with van der Waals surface area (Å²) < 4.78 is 32.7. The molecule has 0 saturated heterocycles. The molecule has 0 aliphatic rings. The van der Waals surface area contributed by atoms with Crippen LogP contribution in [0.15, 0.2) is 33.9 Å². The van der Waals surface area contributed by atoms with Gasteiger partial charge in [-0.05, 0) is 19.1 Å². The Kier molecular flexibility index (Phi) is 4.45. The topological polar surface area (TPSA) is 111 Å². The molecule has 0 saturated carbocycles. The van der Waals surface area contributed by atoms with Crippen molar-refractivity contribution in [2.45, 2.75) is 18.2 Å². The second kappa shape index (κ2) is 6.14. The molecule has 0 unspecified atom stereocenters. The van der Waals surface area contributed by atoms with Crippen LogP contribution in [0.1, 0.15) is 29.2 Å². The Bertz CT molecular complexity index is 784. The lowest BCUT2D eigenvalue weighted by Gasteiger charge is -2.12. The highest BCUT2D eigenvalue weighted by Crippen LogP contribution is 2.19. The number of benzene rings is 1. The minimum absolute atomic E-state index is 0.00340. The quantitative estimate of drug-likeness (QED) is 0.871. The molecule has 1 N–H and O–H groups in total. The second-order valence-electron chi connectivity index (χ2n) is 4.57. The number of hydrogen-bond donors (Lipinski definition) is 1. The van der Waals surface area contributed by atoms with E-state index >= 15 is 0 Å². The number of ether oxygens (including phenoxy) is 1. The first-order chi connectivity index (χ1) is 10.3. The molecule has 0 spiro atoms. The number of carbonyl (C=O) groups excluding carboxylic acids is 1. The Hall–Kier alpha value is -2.42. The number of methoxy groups -OCH3 is 1. The summed E-state index contributed by atoms with van der Waals surface area (Å²) in [5.74, 6) is 0.0299. The molecular formula is C13H15N3O5S. The number of carbonyl (C=O) groups is 1. The van der Waals surface area contributed by atoms with E-state index in [2.05, 4.69) is 15.5 Å². The molecule has 0 aliphatic heterocycles. The summed E-state index contributed by atoms with van der Waals surface area (Å²) in [5, 5.41) is 9.23. The van der Waals surface area contributed by atoms with Gasteiger partial charge in [0.2, 0.25) is 15.7 Å². The van der Waals surface area contributed by atoms with Crippen molar-refractivity contribution in [2.75, 3.05) is 13.4 Å². The molecule has 9 heteroatoms. The second-order valence-corrected chi connectivity index (χ2v) is 6.47. The minimum Gasteiger partial charge on any atom is -0.496 e. The van der Waals surface area contributed by atoms with E-state index < -0.39 is 27.0 Å². The number of hydrogen-bond acceptors (Lipinski definition) is 7. The Labute approximate surface area is 127 Å². The minimum atomic E-state index is -3.58. The van der Waals surface area contributed by atoms with Crippen molar-refractivity contribution in [1.29, 1.82) is 0 Å². The zero-order valence-electron chi connectivity index (χ0n) is 12.2. The summed E-state index contributed by atoms with van der Waals surface area (Å²) in [4.78, 5) is 12.2. The van der Waals surface area contributed by atoms with Gasteiger partial charge in [-0.25, -0.2) is 8.42 Å². The third-order valence-electron chi connectivity index (χ3n) is 2.81. The lowest BCUT2D eigenvalue weighted by Crippen LogP contribution is -2.27. The van der Waals surface area contributed by atoms with Gasteiger partial charge in [-0.1, -0.05) is 17.2 Å². The molecule has 0 aliphatic carbocycles. The first-order valence-corrected chi connectivity index (χ1v) is 8.19. The fourth-order valence-electron chi connectivity index (χ4n) is 1.71. The van der Waals surface area contributed by atoms with Gasteiger partial charge in [-0.15, -0.1) is 5.10 Å². The van der Waals surface area contributed by atoms with Gasteiger partial charge in [0.1, 0.15) is 11.8 Å². The molecular weight excluding hydrogens is 310 g/mol. The molecule has 1 aromatic carbocycles. The van der Waals surface area contributed by atoms with Crippen LogP contribution in [-0.2, 0) is 9.84 Å². The van der Waals surface area contributed by atoms with Crippen molar-refractivity contribution in [3.8, 4) is 5.75 Å². The molecule has 118 valence electrons. The third-order valence-corrected chi connectivity index (χ3v) is 3.61. The summed E-state index contributed by atoms with van der Waals surface area (Å²) in [6, 6.07) is 6.07. The summed E-state index contributed by atoms with van der Waals surface area (Å²) in [6.07, 6.45) is 0.961. The van der Waals surface area contributed by atoms with Crippen molar-refractivity contribution in [3.05, 3.63) is 35.7 Å². The van der Waals surface area contributed by atoms with Crippen LogP contribution in [0.2, 0.25) is 0 Å². The number of nitrogens with one attached hydrogen (secondary N) is 1. The van der Waals surface area contributed by atoms with Gasteiger partial charge < -0.3 is 14.5 Å². The number of amides is 1. The van der Waals surface area contributed by atoms with E-state index in [0.29, 0.717) is 11.3 Å². The lowest BCUT2D eigenvalue weighted by molar-refractivity contribution is 0.0930. The van der Waals surface area contributed by atoms with E-state index in [-0.39, 0.29) is 5.89 Å². The maximum Gasteiger partial charge on any atom is 0.335 e. The summed E-state index contributed by atoms with van der Waals surface area (Å²) in [7, 11) is -2.12. The normalized spacial score (nSPS) is 12.7. The highest BCUT2D eigenvalue weighted by molar-refractivity contribution is 7.90. The van der Waals surface area contributed by atoms with Crippen LogP contribution in [0.25, 0.3) is 0 Å². The zero-order chi connectivity index (χ0) is 16.3. The van der Waals surface area contributed by atoms with Crippen molar-refractivity contribution in [1.82, 2.24) is 15.5 Å². The Morgan fingerprint density at radius 2 is 2.00 bits per heavy atom. The van der Waals surface area contributed by atoms with E-state index in [4.69, 9.17) is 9.15 Å². The SMILES string of the molecule is COc1ccccc1C(=O)N[C@@H](C)c1nnc(S(C)(=O)=O)o1.